The fraction of sp³-hybridized carbons (Fsp3) is 0.286. The number of nitrogen functional groups attached to an aromatic ring is 1. The van der Waals surface area contributed by atoms with Gasteiger partial charge in [-0.1, -0.05) is 19.1 Å². The van der Waals surface area contributed by atoms with Crippen molar-refractivity contribution in [2.75, 3.05) is 5.43 Å². The van der Waals surface area contributed by atoms with Gasteiger partial charge in [0.1, 0.15) is 5.82 Å². The van der Waals surface area contributed by atoms with Crippen molar-refractivity contribution in [3.8, 4) is 11.4 Å². The summed E-state index contributed by atoms with van der Waals surface area (Å²) in [5.41, 5.74) is 3.56. The van der Waals surface area contributed by atoms with Gasteiger partial charge >= 0.3 is 6.18 Å². The van der Waals surface area contributed by atoms with Crippen molar-refractivity contribution in [1.29, 1.82) is 0 Å². The molecule has 0 bridgehead atoms. The van der Waals surface area contributed by atoms with Crippen molar-refractivity contribution in [2.24, 2.45) is 5.84 Å². The van der Waals surface area contributed by atoms with E-state index in [1.807, 2.05) is 6.92 Å². The number of rotatable bonds is 3. The van der Waals surface area contributed by atoms with Gasteiger partial charge < -0.3 is 5.43 Å². The van der Waals surface area contributed by atoms with Crippen LogP contribution in [0.25, 0.3) is 11.4 Å². The first-order valence-corrected chi connectivity index (χ1v) is 6.38. The topological polar surface area (TPSA) is 63.8 Å². The van der Waals surface area contributed by atoms with Gasteiger partial charge in [-0.05, 0) is 25.5 Å². The summed E-state index contributed by atoms with van der Waals surface area (Å²) in [6.45, 7) is 3.70. The smallest absolute Gasteiger partial charge is 0.308 e. The lowest BCUT2D eigenvalue weighted by atomic mass is 10.1. The molecule has 7 heteroatoms. The van der Waals surface area contributed by atoms with Crippen molar-refractivity contribution < 1.29 is 13.2 Å². The zero-order valence-electron chi connectivity index (χ0n) is 11.6. The molecule has 0 amide bonds. The molecule has 0 aliphatic rings. The van der Waals surface area contributed by atoms with Gasteiger partial charge in [0.05, 0.1) is 5.56 Å². The summed E-state index contributed by atoms with van der Waals surface area (Å²) >= 11 is 0. The number of nitrogens with zero attached hydrogens (tertiary/aromatic N) is 2. The number of aryl methyl sites for hydroxylation is 1. The number of hydrazine groups is 1. The summed E-state index contributed by atoms with van der Waals surface area (Å²) in [6, 6.07) is 4.91. The van der Waals surface area contributed by atoms with Crippen LogP contribution in [0.2, 0.25) is 0 Å². The predicted octanol–water partition coefficient (Wildman–Crippen LogP) is 3.32. The van der Waals surface area contributed by atoms with Crippen LogP contribution in [0.1, 0.15) is 23.7 Å². The molecule has 0 radical (unpaired) electrons. The minimum Gasteiger partial charge on any atom is -0.308 e. The molecule has 0 aliphatic heterocycles. The summed E-state index contributed by atoms with van der Waals surface area (Å²) in [7, 11) is 0. The van der Waals surface area contributed by atoms with Crippen molar-refractivity contribution in [3.05, 3.63) is 41.1 Å². The highest BCUT2D eigenvalue weighted by Crippen LogP contribution is 2.32. The zero-order chi connectivity index (χ0) is 15.6. The number of hydrogen-bond donors (Lipinski definition) is 2. The van der Waals surface area contributed by atoms with E-state index in [1.165, 1.54) is 12.1 Å². The Kier molecular flexibility index (Phi) is 4.13. The normalized spacial score (nSPS) is 11.5. The van der Waals surface area contributed by atoms with E-state index in [2.05, 4.69) is 15.4 Å². The zero-order valence-corrected chi connectivity index (χ0v) is 11.6. The standard InChI is InChI=1S/C14H15F3N4/c1-3-11-8(2)19-12(20-13(11)21-18)9-5-4-6-10(7-9)14(15,16)17/h4-7H,3,18H2,1-2H3,(H,19,20,21). The molecule has 0 fully saturated rings. The molecule has 4 nitrogen and oxygen atoms in total. The van der Waals surface area contributed by atoms with Crippen LogP contribution in [0, 0.1) is 6.92 Å². The highest BCUT2D eigenvalue weighted by atomic mass is 19.4. The Morgan fingerprint density at radius 3 is 2.52 bits per heavy atom. The van der Waals surface area contributed by atoms with Crippen molar-refractivity contribution in [2.45, 2.75) is 26.4 Å². The van der Waals surface area contributed by atoms with E-state index in [0.717, 1.165) is 17.7 Å². The number of nitrogens with one attached hydrogen (secondary N) is 1. The number of hydrogen-bond acceptors (Lipinski definition) is 4. The fourth-order valence-corrected chi connectivity index (χ4v) is 2.10. The van der Waals surface area contributed by atoms with Gasteiger partial charge in [0.15, 0.2) is 5.82 Å². The van der Waals surface area contributed by atoms with Crippen LogP contribution in [0.4, 0.5) is 19.0 Å². The van der Waals surface area contributed by atoms with Crippen LogP contribution in [0.3, 0.4) is 0 Å². The van der Waals surface area contributed by atoms with Gasteiger partial charge in [-0.25, -0.2) is 15.8 Å². The molecule has 0 saturated carbocycles. The first-order chi connectivity index (χ1) is 9.86. The minimum absolute atomic E-state index is 0.212. The molecule has 0 atom stereocenters. The maximum atomic E-state index is 12.8. The molecule has 1 heterocycles. The highest BCUT2D eigenvalue weighted by Gasteiger charge is 2.30. The second-order valence-electron chi connectivity index (χ2n) is 4.54. The van der Waals surface area contributed by atoms with Crippen LogP contribution >= 0.6 is 0 Å². The average molecular weight is 296 g/mol. The van der Waals surface area contributed by atoms with Crippen LogP contribution in [0.5, 0.6) is 0 Å². The van der Waals surface area contributed by atoms with E-state index in [0.29, 0.717) is 23.5 Å². The Morgan fingerprint density at radius 1 is 1.24 bits per heavy atom. The van der Waals surface area contributed by atoms with Gasteiger partial charge in [-0.15, -0.1) is 0 Å². The molecule has 3 N–H and O–H groups in total. The Hall–Kier alpha value is -2.15. The number of aromatic nitrogens is 2. The van der Waals surface area contributed by atoms with Crippen LogP contribution in [-0.2, 0) is 12.6 Å². The summed E-state index contributed by atoms with van der Waals surface area (Å²) in [5, 5.41) is 0. The van der Waals surface area contributed by atoms with E-state index >= 15 is 0 Å². The largest absolute Gasteiger partial charge is 0.416 e. The van der Waals surface area contributed by atoms with Gasteiger partial charge in [0.25, 0.3) is 0 Å². The molecule has 112 valence electrons. The number of benzene rings is 1. The third-order valence-electron chi connectivity index (χ3n) is 3.15. The average Bonchev–Trinajstić information content (AvgIpc) is 2.45. The number of alkyl halides is 3. The summed E-state index contributed by atoms with van der Waals surface area (Å²) < 4.78 is 38.3. The fourth-order valence-electron chi connectivity index (χ4n) is 2.10. The molecule has 0 unspecified atom stereocenters. The third kappa shape index (κ3) is 3.13. The molecular formula is C14H15F3N4. The van der Waals surface area contributed by atoms with Gasteiger partial charge in [0.2, 0.25) is 0 Å². The van der Waals surface area contributed by atoms with Crippen LogP contribution in [0.15, 0.2) is 24.3 Å². The van der Waals surface area contributed by atoms with E-state index < -0.39 is 11.7 Å². The quantitative estimate of drug-likeness (QED) is 0.673. The molecule has 21 heavy (non-hydrogen) atoms. The van der Waals surface area contributed by atoms with E-state index in [-0.39, 0.29) is 5.82 Å². The second-order valence-corrected chi connectivity index (χ2v) is 4.54. The molecule has 0 spiro atoms. The number of halogens is 3. The van der Waals surface area contributed by atoms with Gasteiger partial charge in [0, 0.05) is 16.8 Å². The molecular weight excluding hydrogens is 281 g/mol. The minimum atomic E-state index is -4.40. The first kappa shape index (κ1) is 15.2. The van der Waals surface area contributed by atoms with Crippen molar-refractivity contribution in [1.82, 2.24) is 9.97 Å². The SMILES string of the molecule is CCc1c(C)nc(-c2cccc(C(F)(F)F)c2)nc1NN. The van der Waals surface area contributed by atoms with Crippen molar-refractivity contribution in [3.63, 3.8) is 0 Å². The predicted molar refractivity (Wildman–Crippen MR) is 74.4 cm³/mol. The first-order valence-electron chi connectivity index (χ1n) is 6.38. The molecule has 1 aromatic heterocycles. The molecule has 0 saturated heterocycles. The van der Waals surface area contributed by atoms with Crippen molar-refractivity contribution >= 4 is 5.82 Å². The Bertz CT molecular complexity index is 653. The molecule has 2 rings (SSSR count). The Labute approximate surface area is 120 Å². The lowest BCUT2D eigenvalue weighted by Crippen LogP contribution is -2.13. The Morgan fingerprint density at radius 2 is 1.95 bits per heavy atom. The summed E-state index contributed by atoms with van der Waals surface area (Å²) in [5.74, 6) is 6.06. The monoisotopic (exact) mass is 296 g/mol. The second kappa shape index (κ2) is 5.69. The lowest BCUT2D eigenvalue weighted by Gasteiger charge is -2.12. The summed E-state index contributed by atoms with van der Waals surface area (Å²) in [4.78, 5) is 8.47. The maximum absolute atomic E-state index is 12.8. The van der Waals surface area contributed by atoms with Crippen LogP contribution < -0.4 is 11.3 Å². The highest BCUT2D eigenvalue weighted by molar-refractivity contribution is 5.60. The lowest BCUT2D eigenvalue weighted by molar-refractivity contribution is -0.137. The van der Waals surface area contributed by atoms with E-state index in [4.69, 9.17) is 5.84 Å². The molecule has 1 aromatic carbocycles. The van der Waals surface area contributed by atoms with Crippen LogP contribution in [-0.4, -0.2) is 9.97 Å². The number of anilines is 1. The summed E-state index contributed by atoms with van der Waals surface area (Å²) in [6.07, 6.45) is -3.72. The van der Waals surface area contributed by atoms with Gasteiger partial charge in [-0.2, -0.15) is 13.2 Å². The van der Waals surface area contributed by atoms with E-state index in [1.54, 1.807) is 6.92 Å². The third-order valence-corrected chi connectivity index (χ3v) is 3.15. The molecule has 2 aromatic rings. The molecule has 0 aliphatic carbocycles. The maximum Gasteiger partial charge on any atom is 0.416 e. The van der Waals surface area contributed by atoms with E-state index in [9.17, 15) is 13.2 Å². The van der Waals surface area contributed by atoms with Gasteiger partial charge in [-0.3, -0.25) is 0 Å². The number of nitrogens with two attached hydrogens (primary N) is 1. The Balaban J connectivity index is 2.55.